The van der Waals surface area contributed by atoms with Gasteiger partial charge in [-0.15, -0.1) is 0 Å². The lowest BCUT2D eigenvalue weighted by Crippen LogP contribution is -2.60. The van der Waals surface area contributed by atoms with E-state index < -0.39 is 80.7 Å². The van der Waals surface area contributed by atoms with Crippen LogP contribution in [0.3, 0.4) is 0 Å². The molecule has 9 N–H and O–H groups in total. The molecule has 3 fully saturated rings. The molecule has 2 aliphatic heterocycles. The Kier molecular flexibility index (Phi) is 11.3. The van der Waals surface area contributed by atoms with Crippen LogP contribution in [0.25, 0.3) is 0 Å². The Bertz CT molecular complexity index is 721. The highest BCUT2D eigenvalue weighted by molar-refractivity contribution is 4.94. The molecule has 13 nitrogen and oxygen atoms in total. The average molecular weight is 555 g/mol. The standard InChI is InChI=1S/C25H46O13/c1-11-6-13(36-24-22(34)20(32)18(30)16(10-28)38-24)7-25(2,3)14(11)5-4-12(8-26)35-23-21(33)19(31)17(29)15(9-27)37-23/h11-24,26-34H,4-10H2,1-3H3/t11-,12+,13+,14+,15-,16-,17-,18-,19+,20+,21-,22-,23+,24+/m1/s1. The zero-order chi connectivity index (χ0) is 28.4. The quantitative estimate of drug-likeness (QED) is 0.133. The Morgan fingerprint density at radius 3 is 1.82 bits per heavy atom. The van der Waals surface area contributed by atoms with Crippen LogP contribution in [0.4, 0.5) is 0 Å². The predicted octanol–water partition coefficient (Wildman–Crippen LogP) is -2.80. The number of aliphatic hydroxyl groups is 9. The maximum absolute atomic E-state index is 10.3. The van der Waals surface area contributed by atoms with E-state index in [0.717, 1.165) is 0 Å². The number of rotatable bonds is 10. The molecule has 2 heterocycles. The molecule has 0 aromatic heterocycles. The van der Waals surface area contributed by atoms with Crippen LogP contribution in [0, 0.1) is 17.3 Å². The van der Waals surface area contributed by atoms with Crippen LogP contribution in [0.5, 0.6) is 0 Å². The summed E-state index contributed by atoms with van der Waals surface area (Å²) in [5.41, 5.74) is -0.236. The molecule has 3 rings (SSSR count). The Balaban J connectivity index is 1.57. The molecule has 3 aliphatic rings. The minimum absolute atomic E-state index is 0.153. The maximum Gasteiger partial charge on any atom is 0.187 e. The zero-order valence-electron chi connectivity index (χ0n) is 22.2. The van der Waals surface area contributed by atoms with Crippen LogP contribution in [0.2, 0.25) is 0 Å². The van der Waals surface area contributed by atoms with E-state index in [4.69, 9.17) is 18.9 Å². The largest absolute Gasteiger partial charge is 0.394 e. The number of hydrogen-bond donors (Lipinski definition) is 9. The van der Waals surface area contributed by atoms with E-state index in [2.05, 4.69) is 20.8 Å². The molecule has 1 saturated carbocycles. The normalized spacial score (nSPS) is 46.6. The van der Waals surface area contributed by atoms with Gasteiger partial charge in [0.05, 0.1) is 32.0 Å². The van der Waals surface area contributed by atoms with Crippen LogP contribution in [-0.2, 0) is 18.9 Å². The SMILES string of the molecule is C[C@@H]1C[C@H](O[C@H]2O[C@H](CO)[C@@H](O)[C@H](O)[C@H]2O)CC(C)(C)[C@H]1CC[C@@H](CO)O[C@H]1O[C@H](CO)[C@@H](O)[C@H](O)[C@H]1O. The average Bonchev–Trinajstić information content (AvgIpc) is 2.87. The van der Waals surface area contributed by atoms with Gasteiger partial charge in [-0.3, -0.25) is 0 Å². The van der Waals surface area contributed by atoms with Crippen molar-refractivity contribution in [2.24, 2.45) is 17.3 Å². The predicted molar refractivity (Wildman–Crippen MR) is 129 cm³/mol. The zero-order valence-corrected chi connectivity index (χ0v) is 22.2. The second-order valence-electron chi connectivity index (χ2n) is 11.7. The minimum atomic E-state index is -1.57. The van der Waals surface area contributed by atoms with Gasteiger partial charge in [-0.1, -0.05) is 20.8 Å². The van der Waals surface area contributed by atoms with Crippen molar-refractivity contribution in [3.8, 4) is 0 Å². The summed E-state index contributed by atoms with van der Waals surface area (Å²) in [4.78, 5) is 0. The van der Waals surface area contributed by atoms with Crippen LogP contribution in [0.1, 0.15) is 46.5 Å². The summed E-state index contributed by atoms with van der Waals surface area (Å²) in [7, 11) is 0. The Hall–Kier alpha value is -0.520. The molecule has 38 heavy (non-hydrogen) atoms. The Morgan fingerprint density at radius 2 is 1.32 bits per heavy atom. The van der Waals surface area contributed by atoms with Gasteiger partial charge >= 0.3 is 0 Å². The van der Waals surface area contributed by atoms with Crippen molar-refractivity contribution in [3.05, 3.63) is 0 Å². The first-order chi connectivity index (χ1) is 17.8. The fourth-order valence-electron chi connectivity index (χ4n) is 6.26. The first-order valence-electron chi connectivity index (χ1n) is 13.4. The van der Waals surface area contributed by atoms with Gasteiger partial charge < -0.3 is 64.9 Å². The second-order valence-corrected chi connectivity index (χ2v) is 11.7. The second kappa shape index (κ2) is 13.4. The summed E-state index contributed by atoms with van der Waals surface area (Å²) in [6, 6.07) is 0. The van der Waals surface area contributed by atoms with E-state index in [-0.39, 0.29) is 30.0 Å². The Morgan fingerprint density at radius 1 is 0.789 bits per heavy atom. The van der Waals surface area contributed by atoms with Crippen LogP contribution < -0.4 is 0 Å². The summed E-state index contributed by atoms with van der Waals surface area (Å²) in [6.07, 6.45) is -12.4. The lowest BCUT2D eigenvalue weighted by Gasteiger charge is -2.48. The molecule has 0 radical (unpaired) electrons. The molecule has 0 unspecified atom stereocenters. The summed E-state index contributed by atoms with van der Waals surface area (Å²) < 4.78 is 22.7. The molecule has 224 valence electrons. The van der Waals surface area contributed by atoms with Crippen molar-refractivity contribution in [1.82, 2.24) is 0 Å². The number of aliphatic hydroxyl groups excluding tert-OH is 9. The third kappa shape index (κ3) is 7.03. The van der Waals surface area contributed by atoms with Gasteiger partial charge in [-0.2, -0.15) is 0 Å². The molecule has 0 spiro atoms. The van der Waals surface area contributed by atoms with Crippen molar-refractivity contribution in [2.45, 2.75) is 120 Å². The summed E-state index contributed by atoms with van der Waals surface area (Å²) >= 11 is 0. The van der Waals surface area contributed by atoms with E-state index in [1.54, 1.807) is 0 Å². The van der Waals surface area contributed by atoms with E-state index in [1.807, 2.05) is 0 Å². The van der Waals surface area contributed by atoms with Crippen LogP contribution >= 0.6 is 0 Å². The molecule has 0 aromatic carbocycles. The van der Waals surface area contributed by atoms with Crippen molar-refractivity contribution >= 4 is 0 Å². The lowest BCUT2D eigenvalue weighted by molar-refractivity contribution is -0.317. The molecule has 0 bridgehead atoms. The van der Waals surface area contributed by atoms with Crippen molar-refractivity contribution in [3.63, 3.8) is 0 Å². The van der Waals surface area contributed by atoms with Crippen molar-refractivity contribution in [2.75, 3.05) is 19.8 Å². The molecule has 13 heteroatoms. The van der Waals surface area contributed by atoms with Gasteiger partial charge in [0.2, 0.25) is 0 Å². The third-order valence-corrected chi connectivity index (χ3v) is 8.43. The van der Waals surface area contributed by atoms with E-state index in [0.29, 0.717) is 25.7 Å². The first kappa shape index (κ1) is 32.0. The molecular weight excluding hydrogens is 508 g/mol. The van der Waals surface area contributed by atoms with E-state index in [9.17, 15) is 46.0 Å². The van der Waals surface area contributed by atoms with Crippen LogP contribution in [0.15, 0.2) is 0 Å². The van der Waals surface area contributed by atoms with Gasteiger partial charge in [0.1, 0.15) is 48.8 Å². The van der Waals surface area contributed by atoms with Gasteiger partial charge in [-0.05, 0) is 42.9 Å². The summed E-state index contributed by atoms with van der Waals surface area (Å²) in [5, 5.41) is 89.3. The van der Waals surface area contributed by atoms with Gasteiger partial charge in [0.25, 0.3) is 0 Å². The highest BCUT2D eigenvalue weighted by Crippen LogP contribution is 2.48. The monoisotopic (exact) mass is 554 g/mol. The smallest absolute Gasteiger partial charge is 0.187 e. The first-order valence-corrected chi connectivity index (χ1v) is 13.4. The molecule has 0 aromatic rings. The van der Waals surface area contributed by atoms with Gasteiger partial charge in [0, 0.05) is 0 Å². The molecule has 0 amide bonds. The fourth-order valence-corrected chi connectivity index (χ4v) is 6.26. The molecule has 14 atom stereocenters. The van der Waals surface area contributed by atoms with Crippen molar-refractivity contribution < 1.29 is 64.9 Å². The maximum atomic E-state index is 10.3. The fraction of sp³-hybridized carbons (Fsp3) is 1.00. The molecule has 2 saturated heterocycles. The third-order valence-electron chi connectivity index (χ3n) is 8.43. The Labute approximate surface area is 222 Å². The van der Waals surface area contributed by atoms with Crippen LogP contribution in [-0.4, -0.2) is 139 Å². The number of ether oxygens (including phenoxy) is 4. The van der Waals surface area contributed by atoms with Gasteiger partial charge in [-0.25, -0.2) is 0 Å². The number of hydrogen-bond acceptors (Lipinski definition) is 13. The van der Waals surface area contributed by atoms with E-state index >= 15 is 0 Å². The summed E-state index contributed by atoms with van der Waals surface area (Å²) in [5.74, 6) is 0.338. The lowest BCUT2D eigenvalue weighted by atomic mass is 9.61. The topological polar surface area (TPSA) is 219 Å². The van der Waals surface area contributed by atoms with Crippen molar-refractivity contribution in [1.29, 1.82) is 0 Å². The molecule has 1 aliphatic carbocycles. The highest BCUT2D eigenvalue weighted by Gasteiger charge is 2.48. The van der Waals surface area contributed by atoms with Gasteiger partial charge in [0.15, 0.2) is 12.6 Å². The highest BCUT2D eigenvalue weighted by atomic mass is 16.7. The summed E-state index contributed by atoms with van der Waals surface area (Å²) in [6.45, 7) is 4.78. The minimum Gasteiger partial charge on any atom is -0.394 e. The van der Waals surface area contributed by atoms with E-state index in [1.165, 1.54) is 0 Å². The molecular formula is C25H46O13.